The van der Waals surface area contributed by atoms with E-state index in [0.717, 1.165) is 30.5 Å². The molecule has 0 aliphatic carbocycles. The number of para-hydroxylation sites is 1. The van der Waals surface area contributed by atoms with E-state index in [-0.39, 0.29) is 17.4 Å². The molecule has 1 fully saturated rings. The monoisotopic (exact) mass is 231 g/mol. The van der Waals surface area contributed by atoms with Crippen LogP contribution in [0.4, 0.5) is 5.69 Å². The highest BCUT2D eigenvalue weighted by Crippen LogP contribution is 2.46. The zero-order valence-corrected chi connectivity index (χ0v) is 10.0. The molecule has 2 heterocycles. The predicted molar refractivity (Wildman–Crippen MR) is 66.0 cm³/mol. The minimum Gasteiger partial charge on any atom is -0.378 e. The smallest absolute Gasteiger partial charge is 0.235 e. The van der Waals surface area contributed by atoms with Gasteiger partial charge in [0.15, 0.2) is 0 Å². The number of benzene rings is 1. The summed E-state index contributed by atoms with van der Waals surface area (Å²) >= 11 is 0. The summed E-state index contributed by atoms with van der Waals surface area (Å²) in [4.78, 5) is 12.3. The Hall–Kier alpha value is -1.35. The van der Waals surface area contributed by atoms with Crippen molar-refractivity contribution in [2.75, 3.05) is 11.9 Å². The van der Waals surface area contributed by atoms with Gasteiger partial charge < -0.3 is 10.1 Å². The Labute approximate surface area is 101 Å². The average molecular weight is 231 g/mol. The first-order valence-corrected chi connectivity index (χ1v) is 6.29. The summed E-state index contributed by atoms with van der Waals surface area (Å²) in [5.74, 6) is 0.153. The first-order chi connectivity index (χ1) is 8.26. The van der Waals surface area contributed by atoms with E-state index in [4.69, 9.17) is 4.74 Å². The number of fused-ring (bicyclic) bond motifs is 2. The van der Waals surface area contributed by atoms with Gasteiger partial charge in [-0.15, -0.1) is 0 Å². The van der Waals surface area contributed by atoms with Crippen LogP contribution in [-0.2, 0) is 14.9 Å². The molecule has 1 aromatic carbocycles. The number of hydrogen-bond acceptors (Lipinski definition) is 2. The van der Waals surface area contributed by atoms with Crippen LogP contribution in [0.2, 0.25) is 0 Å². The van der Waals surface area contributed by atoms with Crippen molar-refractivity contribution in [1.82, 2.24) is 0 Å². The quantitative estimate of drug-likeness (QED) is 0.806. The first kappa shape index (κ1) is 10.8. The summed E-state index contributed by atoms with van der Waals surface area (Å²) in [5, 5.41) is 3.01. The number of hydrogen-bond donors (Lipinski definition) is 1. The Morgan fingerprint density at radius 2 is 2.29 bits per heavy atom. The summed E-state index contributed by atoms with van der Waals surface area (Å²) in [6, 6.07) is 8.04. The fraction of sp³-hybridized carbons (Fsp3) is 0.500. The van der Waals surface area contributed by atoms with Gasteiger partial charge in [0.25, 0.3) is 0 Å². The molecule has 3 heteroatoms. The molecule has 3 nitrogen and oxygen atoms in total. The van der Waals surface area contributed by atoms with Gasteiger partial charge in [0, 0.05) is 12.3 Å². The lowest BCUT2D eigenvalue weighted by atomic mass is 9.73. The molecule has 0 saturated carbocycles. The second-order valence-electron chi connectivity index (χ2n) is 4.94. The molecular weight excluding hydrogens is 214 g/mol. The zero-order chi connectivity index (χ0) is 11.9. The maximum Gasteiger partial charge on any atom is 0.235 e. The van der Waals surface area contributed by atoms with E-state index < -0.39 is 0 Å². The molecule has 2 unspecified atom stereocenters. The van der Waals surface area contributed by atoms with Gasteiger partial charge in [-0.3, -0.25) is 4.79 Å². The molecule has 1 N–H and O–H groups in total. The third-order valence-corrected chi connectivity index (χ3v) is 4.04. The van der Waals surface area contributed by atoms with E-state index >= 15 is 0 Å². The van der Waals surface area contributed by atoms with E-state index in [1.54, 1.807) is 0 Å². The summed E-state index contributed by atoms with van der Waals surface area (Å²) in [6.45, 7) is 2.79. The first-order valence-electron chi connectivity index (χ1n) is 6.29. The Morgan fingerprint density at radius 3 is 3.12 bits per heavy atom. The number of nitrogens with one attached hydrogen (secondary N) is 1. The van der Waals surface area contributed by atoms with E-state index in [1.165, 1.54) is 0 Å². The number of carbonyl (C=O) groups excluding carboxylic acids is 1. The molecule has 3 rings (SSSR count). The molecule has 0 bridgehead atoms. The highest BCUT2D eigenvalue weighted by Gasteiger charge is 2.49. The molecule has 0 radical (unpaired) electrons. The topological polar surface area (TPSA) is 38.3 Å². The van der Waals surface area contributed by atoms with Crippen LogP contribution in [0.5, 0.6) is 0 Å². The number of anilines is 1. The second kappa shape index (κ2) is 3.84. The van der Waals surface area contributed by atoms with Crippen LogP contribution >= 0.6 is 0 Å². The summed E-state index contributed by atoms with van der Waals surface area (Å²) < 4.78 is 5.70. The van der Waals surface area contributed by atoms with Gasteiger partial charge in [0.1, 0.15) is 0 Å². The fourth-order valence-electron chi connectivity index (χ4n) is 3.04. The average Bonchev–Trinajstić information content (AvgIpc) is 2.63. The molecule has 1 amide bonds. The third-order valence-electron chi connectivity index (χ3n) is 4.04. The molecule has 2 aliphatic heterocycles. The molecule has 0 aromatic heterocycles. The standard InChI is InChI=1S/C14H17NO2/c1-2-10-9-14(7-8-17-10)11-5-3-4-6-12(11)15-13(14)16/h3-6,10H,2,7-9H2,1H3,(H,15,16). The molecule has 1 spiro atoms. The molecular formula is C14H17NO2. The van der Waals surface area contributed by atoms with Gasteiger partial charge in [-0.25, -0.2) is 0 Å². The molecule has 2 aliphatic rings. The maximum absolute atomic E-state index is 12.3. The molecule has 2 atom stereocenters. The zero-order valence-electron chi connectivity index (χ0n) is 10.0. The molecule has 90 valence electrons. The van der Waals surface area contributed by atoms with Crippen molar-refractivity contribution >= 4 is 11.6 Å². The minimum absolute atomic E-state index is 0.153. The van der Waals surface area contributed by atoms with Crippen LogP contribution in [0.3, 0.4) is 0 Å². The Balaban J connectivity index is 2.04. The van der Waals surface area contributed by atoms with Gasteiger partial charge in [-0.05, 0) is 30.9 Å². The van der Waals surface area contributed by atoms with Crippen LogP contribution in [0.25, 0.3) is 0 Å². The Kier molecular flexibility index (Phi) is 2.44. The lowest BCUT2D eigenvalue weighted by Gasteiger charge is -2.36. The van der Waals surface area contributed by atoms with E-state index in [9.17, 15) is 4.79 Å². The third kappa shape index (κ3) is 1.49. The summed E-state index contributed by atoms with van der Waals surface area (Å²) in [5.41, 5.74) is 1.80. The van der Waals surface area contributed by atoms with Crippen molar-refractivity contribution in [1.29, 1.82) is 0 Å². The number of ether oxygens (including phenoxy) is 1. The lowest BCUT2D eigenvalue weighted by Crippen LogP contribution is -2.43. The van der Waals surface area contributed by atoms with Gasteiger partial charge >= 0.3 is 0 Å². The highest BCUT2D eigenvalue weighted by molar-refractivity contribution is 6.06. The Bertz CT molecular complexity index is 457. The maximum atomic E-state index is 12.3. The second-order valence-corrected chi connectivity index (χ2v) is 4.94. The van der Waals surface area contributed by atoms with Crippen LogP contribution in [0, 0.1) is 0 Å². The van der Waals surface area contributed by atoms with Crippen molar-refractivity contribution in [2.45, 2.75) is 37.7 Å². The van der Waals surface area contributed by atoms with Gasteiger partial charge in [0.05, 0.1) is 11.5 Å². The van der Waals surface area contributed by atoms with Gasteiger partial charge in [0.2, 0.25) is 5.91 Å². The van der Waals surface area contributed by atoms with E-state index in [0.29, 0.717) is 6.61 Å². The summed E-state index contributed by atoms with van der Waals surface area (Å²) in [6.07, 6.45) is 2.79. The lowest BCUT2D eigenvalue weighted by molar-refractivity contribution is -0.126. The minimum atomic E-state index is -0.338. The van der Waals surface area contributed by atoms with E-state index in [1.807, 2.05) is 18.2 Å². The molecule has 1 saturated heterocycles. The SMILES string of the molecule is CCC1CC2(CCO1)C(=O)Nc1ccccc12. The van der Waals surface area contributed by atoms with Gasteiger partial charge in [-0.2, -0.15) is 0 Å². The van der Waals surface area contributed by atoms with Crippen molar-refractivity contribution in [2.24, 2.45) is 0 Å². The highest BCUT2D eigenvalue weighted by atomic mass is 16.5. The summed E-state index contributed by atoms with van der Waals surface area (Å²) in [7, 11) is 0. The normalized spacial score (nSPS) is 31.4. The van der Waals surface area contributed by atoms with Crippen LogP contribution in [0.15, 0.2) is 24.3 Å². The molecule has 1 aromatic rings. The number of amides is 1. The van der Waals surface area contributed by atoms with Crippen LogP contribution < -0.4 is 5.32 Å². The largest absolute Gasteiger partial charge is 0.378 e. The molecule has 17 heavy (non-hydrogen) atoms. The van der Waals surface area contributed by atoms with Crippen molar-refractivity contribution in [3.05, 3.63) is 29.8 Å². The van der Waals surface area contributed by atoms with E-state index in [2.05, 4.69) is 18.3 Å². The fourth-order valence-corrected chi connectivity index (χ4v) is 3.04. The number of rotatable bonds is 1. The van der Waals surface area contributed by atoms with Crippen molar-refractivity contribution in [3.8, 4) is 0 Å². The Morgan fingerprint density at radius 1 is 1.47 bits per heavy atom. The van der Waals surface area contributed by atoms with Crippen LogP contribution in [0.1, 0.15) is 31.7 Å². The van der Waals surface area contributed by atoms with Crippen molar-refractivity contribution in [3.63, 3.8) is 0 Å². The van der Waals surface area contributed by atoms with Crippen molar-refractivity contribution < 1.29 is 9.53 Å². The predicted octanol–water partition coefficient (Wildman–Crippen LogP) is 2.47. The van der Waals surface area contributed by atoms with Crippen LogP contribution in [-0.4, -0.2) is 18.6 Å². The van der Waals surface area contributed by atoms with Gasteiger partial charge in [-0.1, -0.05) is 25.1 Å². The number of carbonyl (C=O) groups is 1.